The zero-order valence-electron chi connectivity index (χ0n) is 8.62. The van der Waals surface area contributed by atoms with E-state index in [-0.39, 0.29) is 12.5 Å². The van der Waals surface area contributed by atoms with Gasteiger partial charge in [-0.05, 0) is 25.8 Å². The molecule has 0 aliphatic heterocycles. The Morgan fingerprint density at radius 2 is 2.07 bits per heavy atom. The second-order valence-corrected chi connectivity index (χ2v) is 3.77. The largest absolute Gasteiger partial charge is 0.403 e. The molecule has 0 bridgehead atoms. The third-order valence-electron chi connectivity index (χ3n) is 2.06. The van der Waals surface area contributed by atoms with Crippen LogP contribution in [0, 0.1) is 0 Å². The first-order chi connectivity index (χ1) is 6.80. The maximum Gasteiger partial charge on any atom is 0.403 e. The van der Waals surface area contributed by atoms with E-state index in [0.717, 1.165) is 0 Å². The van der Waals surface area contributed by atoms with Gasteiger partial charge in [0.15, 0.2) is 0 Å². The summed E-state index contributed by atoms with van der Waals surface area (Å²) in [5, 5.41) is 3.94. The summed E-state index contributed by atoms with van der Waals surface area (Å²) < 4.78 is 38.1. The van der Waals surface area contributed by atoms with Gasteiger partial charge in [-0.3, -0.25) is 4.68 Å². The average Bonchev–Trinajstić information content (AvgIpc) is 2.50. The number of hydrogen-bond acceptors (Lipinski definition) is 2. The van der Waals surface area contributed by atoms with E-state index in [9.17, 15) is 13.2 Å². The van der Waals surface area contributed by atoms with Crippen LogP contribution in [0.2, 0.25) is 0 Å². The smallest absolute Gasteiger partial charge is 0.320 e. The van der Waals surface area contributed by atoms with Crippen molar-refractivity contribution < 1.29 is 13.2 Å². The zero-order valence-corrected chi connectivity index (χ0v) is 8.62. The lowest BCUT2D eigenvalue weighted by Gasteiger charge is -2.14. The summed E-state index contributed by atoms with van der Waals surface area (Å²) in [4.78, 5) is 0. The minimum absolute atomic E-state index is 0.140. The number of alkyl halides is 3. The molecule has 0 radical (unpaired) electrons. The molecular weight excluding hydrogens is 207 g/mol. The van der Waals surface area contributed by atoms with E-state index < -0.39 is 12.2 Å². The predicted octanol–water partition coefficient (Wildman–Crippen LogP) is 1.90. The molecule has 1 unspecified atom stereocenters. The van der Waals surface area contributed by atoms with Gasteiger partial charge in [0.25, 0.3) is 0 Å². The predicted molar refractivity (Wildman–Crippen MR) is 50.3 cm³/mol. The number of nitrogens with zero attached hydrogens (tertiary/aromatic N) is 2. The van der Waals surface area contributed by atoms with Crippen molar-refractivity contribution in [3.8, 4) is 0 Å². The molecule has 1 atom stereocenters. The molecule has 0 fully saturated rings. The Balaban J connectivity index is 2.65. The van der Waals surface area contributed by atoms with Crippen molar-refractivity contribution in [1.29, 1.82) is 0 Å². The van der Waals surface area contributed by atoms with Crippen LogP contribution in [0.15, 0.2) is 12.4 Å². The first-order valence-electron chi connectivity index (χ1n) is 4.66. The van der Waals surface area contributed by atoms with E-state index >= 15 is 0 Å². The highest BCUT2D eigenvalue weighted by Crippen LogP contribution is 2.21. The normalized spacial score (nSPS) is 14.6. The standard InChI is InChI=1S/C9H14F3N3/c1-6(2)15-5-7(4-14-15)3-8(13)9(10,11)12/h4-6,8H,3,13H2,1-2H3. The van der Waals surface area contributed by atoms with Crippen molar-refractivity contribution in [1.82, 2.24) is 9.78 Å². The Morgan fingerprint density at radius 3 is 2.47 bits per heavy atom. The Labute approximate surface area is 86.1 Å². The monoisotopic (exact) mass is 221 g/mol. The molecular formula is C9H14F3N3. The lowest BCUT2D eigenvalue weighted by molar-refractivity contribution is -0.147. The molecule has 0 aliphatic carbocycles. The summed E-state index contributed by atoms with van der Waals surface area (Å²) in [7, 11) is 0. The molecule has 1 heterocycles. The summed E-state index contributed by atoms with van der Waals surface area (Å²) in [5.74, 6) is 0. The first kappa shape index (κ1) is 12.0. The third-order valence-corrected chi connectivity index (χ3v) is 2.06. The van der Waals surface area contributed by atoms with Gasteiger partial charge in [-0.15, -0.1) is 0 Å². The second kappa shape index (κ2) is 4.22. The lowest BCUT2D eigenvalue weighted by atomic mass is 10.1. The zero-order chi connectivity index (χ0) is 11.6. The molecule has 0 aliphatic rings. The molecule has 0 amide bonds. The fourth-order valence-electron chi connectivity index (χ4n) is 1.13. The first-order valence-corrected chi connectivity index (χ1v) is 4.66. The van der Waals surface area contributed by atoms with Crippen LogP contribution in [0.4, 0.5) is 13.2 Å². The summed E-state index contributed by atoms with van der Waals surface area (Å²) in [5.41, 5.74) is 5.51. The fourth-order valence-corrected chi connectivity index (χ4v) is 1.13. The SMILES string of the molecule is CC(C)n1cc(CC(N)C(F)(F)F)cn1. The summed E-state index contributed by atoms with van der Waals surface area (Å²) in [6.07, 6.45) is -1.56. The van der Waals surface area contributed by atoms with E-state index in [0.29, 0.717) is 5.56 Å². The highest BCUT2D eigenvalue weighted by atomic mass is 19.4. The Kier molecular flexibility index (Phi) is 3.38. The van der Waals surface area contributed by atoms with Gasteiger partial charge in [0.1, 0.15) is 6.04 Å². The summed E-state index contributed by atoms with van der Waals surface area (Å²) >= 11 is 0. The van der Waals surface area contributed by atoms with Crippen LogP contribution < -0.4 is 5.73 Å². The molecule has 0 aromatic carbocycles. The Morgan fingerprint density at radius 1 is 1.47 bits per heavy atom. The van der Waals surface area contributed by atoms with Gasteiger partial charge in [0.2, 0.25) is 0 Å². The Hall–Kier alpha value is -1.04. The van der Waals surface area contributed by atoms with E-state index in [1.54, 1.807) is 10.9 Å². The van der Waals surface area contributed by atoms with Gasteiger partial charge < -0.3 is 5.73 Å². The molecule has 0 saturated carbocycles. The second-order valence-electron chi connectivity index (χ2n) is 3.77. The van der Waals surface area contributed by atoms with Crippen molar-refractivity contribution in [2.45, 2.75) is 38.5 Å². The molecule has 6 heteroatoms. The van der Waals surface area contributed by atoms with Crippen molar-refractivity contribution in [2.75, 3.05) is 0 Å². The molecule has 1 rings (SSSR count). The number of aromatic nitrogens is 2. The highest BCUT2D eigenvalue weighted by Gasteiger charge is 2.36. The van der Waals surface area contributed by atoms with Crippen molar-refractivity contribution in [3.63, 3.8) is 0 Å². The van der Waals surface area contributed by atoms with Crippen molar-refractivity contribution in [3.05, 3.63) is 18.0 Å². The van der Waals surface area contributed by atoms with Crippen LogP contribution in [-0.2, 0) is 6.42 Å². The third kappa shape index (κ3) is 3.23. The van der Waals surface area contributed by atoms with Gasteiger partial charge >= 0.3 is 6.18 Å². The van der Waals surface area contributed by atoms with Crippen LogP contribution >= 0.6 is 0 Å². The average molecular weight is 221 g/mol. The van der Waals surface area contributed by atoms with Crippen molar-refractivity contribution in [2.24, 2.45) is 5.73 Å². The van der Waals surface area contributed by atoms with E-state index in [1.165, 1.54) is 6.20 Å². The number of nitrogens with two attached hydrogens (primary N) is 1. The molecule has 0 spiro atoms. The summed E-state index contributed by atoms with van der Waals surface area (Å²) in [6.45, 7) is 3.81. The molecule has 2 N–H and O–H groups in total. The number of hydrogen-bond donors (Lipinski definition) is 1. The van der Waals surface area contributed by atoms with Crippen molar-refractivity contribution >= 4 is 0 Å². The van der Waals surface area contributed by atoms with E-state index in [2.05, 4.69) is 5.10 Å². The van der Waals surface area contributed by atoms with Crippen LogP contribution in [-0.4, -0.2) is 22.0 Å². The van der Waals surface area contributed by atoms with Gasteiger partial charge in [-0.25, -0.2) is 0 Å². The van der Waals surface area contributed by atoms with Crippen LogP contribution in [0.3, 0.4) is 0 Å². The van der Waals surface area contributed by atoms with Gasteiger partial charge in [0, 0.05) is 12.2 Å². The van der Waals surface area contributed by atoms with Gasteiger partial charge in [0.05, 0.1) is 6.20 Å². The summed E-state index contributed by atoms with van der Waals surface area (Å²) in [6, 6.07) is -1.68. The minimum atomic E-state index is -4.35. The molecule has 86 valence electrons. The number of rotatable bonds is 3. The van der Waals surface area contributed by atoms with Gasteiger partial charge in [-0.2, -0.15) is 18.3 Å². The fraction of sp³-hybridized carbons (Fsp3) is 0.667. The van der Waals surface area contributed by atoms with E-state index in [1.807, 2.05) is 13.8 Å². The topological polar surface area (TPSA) is 43.8 Å². The maximum atomic E-state index is 12.1. The molecule has 1 aromatic rings. The van der Waals surface area contributed by atoms with Gasteiger partial charge in [-0.1, -0.05) is 0 Å². The molecule has 15 heavy (non-hydrogen) atoms. The van der Waals surface area contributed by atoms with Crippen LogP contribution in [0.1, 0.15) is 25.5 Å². The highest BCUT2D eigenvalue weighted by molar-refractivity contribution is 5.07. The Bertz CT molecular complexity index is 317. The minimum Gasteiger partial charge on any atom is -0.320 e. The van der Waals surface area contributed by atoms with Crippen LogP contribution in [0.25, 0.3) is 0 Å². The molecule has 1 aromatic heterocycles. The maximum absolute atomic E-state index is 12.1. The quantitative estimate of drug-likeness (QED) is 0.847. The van der Waals surface area contributed by atoms with E-state index in [4.69, 9.17) is 5.73 Å². The number of halogens is 3. The molecule has 0 saturated heterocycles. The molecule has 3 nitrogen and oxygen atoms in total. The lowest BCUT2D eigenvalue weighted by Crippen LogP contribution is -2.38. The van der Waals surface area contributed by atoms with Crippen LogP contribution in [0.5, 0.6) is 0 Å².